The summed E-state index contributed by atoms with van der Waals surface area (Å²) in [7, 11) is 1.74. The lowest BCUT2D eigenvalue weighted by atomic mass is 10.2. The highest BCUT2D eigenvalue weighted by Gasteiger charge is 2.15. The minimum Gasteiger partial charge on any atom is -0.478 e. The van der Waals surface area contributed by atoms with E-state index in [-0.39, 0.29) is 17.0 Å². The molecule has 1 aromatic carbocycles. The van der Waals surface area contributed by atoms with Crippen molar-refractivity contribution in [1.29, 1.82) is 0 Å². The zero-order chi connectivity index (χ0) is 12.4. The number of nitrogen functional groups attached to an aromatic ring is 1. The first-order valence-corrected chi connectivity index (χ1v) is 4.86. The van der Waals surface area contributed by atoms with E-state index >= 15 is 0 Å². The van der Waals surface area contributed by atoms with E-state index in [0.717, 1.165) is 0 Å². The second-order valence-corrected chi connectivity index (χ2v) is 3.48. The predicted octanol–water partition coefficient (Wildman–Crippen LogP) is 1.49. The molecule has 3 N–H and O–H groups in total. The third-order valence-electron chi connectivity index (χ3n) is 2.18. The van der Waals surface area contributed by atoms with E-state index in [1.54, 1.807) is 30.1 Å². The second kappa shape index (κ2) is 4.17. The molecule has 0 aliphatic rings. The van der Waals surface area contributed by atoms with E-state index in [0.29, 0.717) is 5.75 Å². The van der Waals surface area contributed by atoms with E-state index < -0.39 is 5.97 Å². The molecule has 0 amide bonds. The molecule has 0 saturated heterocycles. The molecule has 2 aromatic rings. The van der Waals surface area contributed by atoms with Gasteiger partial charge in [0.2, 0.25) is 0 Å². The molecule has 6 nitrogen and oxygen atoms in total. The monoisotopic (exact) mass is 233 g/mol. The molecule has 0 aliphatic heterocycles. The highest BCUT2D eigenvalue weighted by Crippen LogP contribution is 2.30. The molecule has 0 unspecified atom stereocenters. The average molecular weight is 233 g/mol. The van der Waals surface area contributed by atoms with Gasteiger partial charge in [0.1, 0.15) is 5.56 Å². The first-order valence-electron chi connectivity index (χ1n) is 4.86. The summed E-state index contributed by atoms with van der Waals surface area (Å²) in [6, 6.07) is 4.58. The first-order chi connectivity index (χ1) is 8.08. The molecule has 0 atom stereocenters. The molecule has 0 radical (unpaired) electrons. The number of carbonyl (C=O) groups is 1. The van der Waals surface area contributed by atoms with Gasteiger partial charge in [-0.25, -0.2) is 4.79 Å². The third kappa shape index (κ3) is 2.20. The average Bonchev–Trinajstić information content (AvgIpc) is 2.67. The number of aromatic carboxylic acids is 1. The minimum absolute atomic E-state index is 0.0221. The lowest BCUT2D eigenvalue weighted by molar-refractivity contribution is 0.0694. The maximum Gasteiger partial charge on any atom is 0.339 e. The Kier molecular flexibility index (Phi) is 2.70. The Hall–Kier alpha value is -2.50. The van der Waals surface area contributed by atoms with E-state index in [1.807, 2.05) is 0 Å². The molecule has 0 aliphatic carbocycles. The minimum atomic E-state index is -1.09. The van der Waals surface area contributed by atoms with Gasteiger partial charge < -0.3 is 15.6 Å². The summed E-state index contributed by atoms with van der Waals surface area (Å²) < 4.78 is 6.98. The second-order valence-electron chi connectivity index (χ2n) is 3.48. The fourth-order valence-corrected chi connectivity index (χ4v) is 1.41. The topological polar surface area (TPSA) is 90.4 Å². The van der Waals surface area contributed by atoms with Gasteiger partial charge >= 0.3 is 5.97 Å². The van der Waals surface area contributed by atoms with Crippen LogP contribution in [0, 0.1) is 0 Å². The Morgan fingerprint density at radius 3 is 2.88 bits per heavy atom. The smallest absolute Gasteiger partial charge is 0.339 e. The zero-order valence-electron chi connectivity index (χ0n) is 9.12. The highest BCUT2D eigenvalue weighted by atomic mass is 16.5. The Labute approximate surface area is 97.2 Å². The summed E-state index contributed by atoms with van der Waals surface area (Å²) >= 11 is 0. The van der Waals surface area contributed by atoms with Crippen LogP contribution >= 0.6 is 0 Å². The lowest BCUT2D eigenvalue weighted by Crippen LogP contribution is -2.02. The van der Waals surface area contributed by atoms with Crippen molar-refractivity contribution in [3.8, 4) is 11.5 Å². The van der Waals surface area contributed by atoms with Gasteiger partial charge in [-0.1, -0.05) is 6.07 Å². The van der Waals surface area contributed by atoms with Crippen molar-refractivity contribution < 1.29 is 14.6 Å². The van der Waals surface area contributed by atoms with Crippen LogP contribution in [0.5, 0.6) is 11.5 Å². The van der Waals surface area contributed by atoms with E-state index in [1.165, 1.54) is 12.3 Å². The zero-order valence-corrected chi connectivity index (χ0v) is 9.12. The van der Waals surface area contributed by atoms with E-state index in [2.05, 4.69) is 5.10 Å². The standard InChI is InChI=1S/C11H11N3O3/c1-14-6-7(5-13-14)17-10-8(11(15)16)3-2-4-9(10)12/h2-6H,12H2,1H3,(H,15,16). The predicted molar refractivity (Wildman–Crippen MR) is 61.1 cm³/mol. The number of aryl methyl sites for hydroxylation is 1. The van der Waals surface area contributed by atoms with Gasteiger partial charge in [-0.2, -0.15) is 5.10 Å². The first kappa shape index (κ1) is 11.0. The number of aromatic nitrogens is 2. The summed E-state index contributed by atoms with van der Waals surface area (Å²) in [6.07, 6.45) is 3.11. The Balaban J connectivity index is 2.40. The number of nitrogens with zero attached hydrogens (tertiary/aromatic N) is 2. The van der Waals surface area contributed by atoms with Gasteiger partial charge in [0.25, 0.3) is 0 Å². The lowest BCUT2D eigenvalue weighted by Gasteiger charge is -2.09. The van der Waals surface area contributed by atoms with Crippen LogP contribution in [0.2, 0.25) is 0 Å². The Morgan fingerprint density at radius 2 is 2.29 bits per heavy atom. The number of ether oxygens (including phenoxy) is 1. The maximum absolute atomic E-state index is 11.0. The van der Waals surface area contributed by atoms with Crippen molar-refractivity contribution >= 4 is 11.7 Å². The molecule has 0 saturated carbocycles. The number of rotatable bonds is 3. The molecule has 17 heavy (non-hydrogen) atoms. The molecular formula is C11H11N3O3. The van der Waals surface area contributed by atoms with Crippen LogP contribution in [0.4, 0.5) is 5.69 Å². The number of para-hydroxylation sites is 1. The molecule has 1 heterocycles. The SMILES string of the molecule is Cn1cc(Oc2c(N)cccc2C(=O)O)cn1. The van der Waals surface area contributed by atoms with Crippen LogP contribution in [-0.2, 0) is 7.05 Å². The van der Waals surface area contributed by atoms with Crippen molar-refractivity contribution in [3.63, 3.8) is 0 Å². The van der Waals surface area contributed by atoms with Crippen LogP contribution < -0.4 is 10.5 Å². The van der Waals surface area contributed by atoms with Gasteiger partial charge in [0, 0.05) is 7.05 Å². The van der Waals surface area contributed by atoms with Crippen LogP contribution in [0.3, 0.4) is 0 Å². The molecule has 0 spiro atoms. The summed E-state index contributed by atoms with van der Waals surface area (Å²) in [5.74, 6) is -0.517. The van der Waals surface area contributed by atoms with E-state index in [9.17, 15) is 4.79 Å². The van der Waals surface area contributed by atoms with Crippen LogP contribution in [0.15, 0.2) is 30.6 Å². The van der Waals surface area contributed by atoms with Crippen molar-refractivity contribution in [1.82, 2.24) is 9.78 Å². The molecule has 0 bridgehead atoms. The number of hydrogen-bond acceptors (Lipinski definition) is 4. The van der Waals surface area contributed by atoms with Gasteiger partial charge in [-0.05, 0) is 12.1 Å². The summed E-state index contributed by atoms with van der Waals surface area (Å²) in [5, 5.41) is 12.9. The summed E-state index contributed by atoms with van der Waals surface area (Å²) in [5.41, 5.74) is 5.99. The van der Waals surface area contributed by atoms with Crippen LogP contribution in [-0.4, -0.2) is 20.9 Å². The van der Waals surface area contributed by atoms with Crippen LogP contribution in [0.1, 0.15) is 10.4 Å². The normalized spacial score (nSPS) is 10.2. The number of nitrogens with two attached hydrogens (primary N) is 1. The van der Waals surface area contributed by atoms with Gasteiger partial charge in [0.05, 0.1) is 18.1 Å². The van der Waals surface area contributed by atoms with Crippen LogP contribution in [0.25, 0.3) is 0 Å². The number of benzene rings is 1. The van der Waals surface area contributed by atoms with Gasteiger partial charge in [-0.15, -0.1) is 0 Å². The highest BCUT2D eigenvalue weighted by molar-refractivity contribution is 5.93. The molecule has 6 heteroatoms. The fourth-order valence-electron chi connectivity index (χ4n) is 1.41. The molecule has 88 valence electrons. The van der Waals surface area contributed by atoms with Crippen molar-refractivity contribution in [2.45, 2.75) is 0 Å². The Bertz CT molecular complexity index is 563. The number of carboxylic acid groups (broad SMARTS) is 1. The number of carboxylic acids is 1. The molecule has 0 fully saturated rings. The Morgan fingerprint density at radius 1 is 1.53 bits per heavy atom. The van der Waals surface area contributed by atoms with Gasteiger partial charge in [-0.3, -0.25) is 4.68 Å². The van der Waals surface area contributed by atoms with Crippen molar-refractivity contribution in [2.75, 3.05) is 5.73 Å². The third-order valence-corrected chi connectivity index (χ3v) is 2.18. The van der Waals surface area contributed by atoms with E-state index in [4.69, 9.17) is 15.6 Å². The molecule has 1 aromatic heterocycles. The van der Waals surface area contributed by atoms with Crippen molar-refractivity contribution in [3.05, 3.63) is 36.2 Å². The van der Waals surface area contributed by atoms with Crippen molar-refractivity contribution in [2.24, 2.45) is 7.05 Å². The number of anilines is 1. The molecular weight excluding hydrogens is 222 g/mol. The fraction of sp³-hybridized carbons (Fsp3) is 0.0909. The maximum atomic E-state index is 11.0. The molecule has 2 rings (SSSR count). The quantitative estimate of drug-likeness (QED) is 0.784. The summed E-state index contributed by atoms with van der Waals surface area (Å²) in [4.78, 5) is 11.0. The summed E-state index contributed by atoms with van der Waals surface area (Å²) in [6.45, 7) is 0. The largest absolute Gasteiger partial charge is 0.478 e. The number of hydrogen-bond donors (Lipinski definition) is 2. The van der Waals surface area contributed by atoms with Gasteiger partial charge in [0.15, 0.2) is 11.5 Å².